The summed E-state index contributed by atoms with van der Waals surface area (Å²) >= 11 is 1.32. The minimum atomic E-state index is -3.09. The number of nitrogens with two attached hydrogens (primary N) is 1. The smallest absolute Gasteiger partial charge is 0.287 e. The van der Waals surface area contributed by atoms with Gasteiger partial charge in [-0.05, 0) is 18.4 Å². The van der Waals surface area contributed by atoms with Crippen molar-refractivity contribution >= 4 is 17.7 Å². The van der Waals surface area contributed by atoms with Crippen molar-refractivity contribution in [2.75, 3.05) is 19.3 Å². The van der Waals surface area contributed by atoms with E-state index in [2.05, 4.69) is 5.32 Å². The number of carbonyl (C=O) groups is 1. The number of amides is 1. The molecule has 1 heterocycles. The number of halogens is 2. The third kappa shape index (κ3) is 3.49. The Morgan fingerprint density at radius 1 is 1.62 bits per heavy atom. The number of hydrogen-bond acceptors (Lipinski definition) is 4. The summed E-state index contributed by atoms with van der Waals surface area (Å²) in [5.74, 6) is -3.75. The number of carbonyl (C=O) groups excluding carboxylic acids is 1. The normalized spacial score (nSPS) is 11.5. The van der Waals surface area contributed by atoms with Gasteiger partial charge >= 0.3 is 0 Å². The number of rotatable bonds is 5. The molecule has 0 atom stereocenters. The van der Waals surface area contributed by atoms with Gasteiger partial charge in [0.2, 0.25) is 0 Å². The lowest BCUT2D eigenvalue weighted by Gasteiger charge is -2.13. The summed E-state index contributed by atoms with van der Waals surface area (Å²) in [6, 6.07) is 3.03. The molecule has 90 valence electrons. The fourth-order valence-electron chi connectivity index (χ4n) is 0.921. The number of alkyl halides is 2. The average molecular weight is 250 g/mol. The average Bonchev–Trinajstić information content (AvgIpc) is 2.74. The van der Waals surface area contributed by atoms with E-state index in [0.29, 0.717) is 5.09 Å². The molecule has 0 fully saturated rings. The van der Waals surface area contributed by atoms with Crippen LogP contribution < -0.4 is 11.1 Å². The maximum atomic E-state index is 12.7. The second kappa shape index (κ2) is 5.31. The summed E-state index contributed by atoms with van der Waals surface area (Å²) in [7, 11) is 0. The Morgan fingerprint density at radius 3 is 2.81 bits per heavy atom. The van der Waals surface area contributed by atoms with E-state index >= 15 is 0 Å². The van der Waals surface area contributed by atoms with Crippen LogP contribution in [-0.2, 0) is 0 Å². The topological polar surface area (TPSA) is 68.3 Å². The second-order valence-electron chi connectivity index (χ2n) is 3.07. The Morgan fingerprint density at radius 2 is 2.31 bits per heavy atom. The van der Waals surface area contributed by atoms with Crippen LogP contribution in [0.1, 0.15) is 10.6 Å². The van der Waals surface area contributed by atoms with E-state index in [1.54, 1.807) is 12.3 Å². The van der Waals surface area contributed by atoms with E-state index in [1.165, 1.54) is 17.8 Å². The Kier molecular flexibility index (Phi) is 4.31. The molecule has 4 nitrogen and oxygen atoms in total. The molecule has 0 aliphatic rings. The molecule has 1 aromatic heterocycles. The first kappa shape index (κ1) is 13.0. The predicted octanol–water partition coefficient (Wildman–Crippen LogP) is 1.33. The van der Waals surface area contributed by atoms with E-state index in [0.717, 1.165) is 0 Å². The van der Waals surface area contributed by atoms with Gasteiger partial charge in [-0.2, -0.15) is 0 Å². The van der Waals surface area contributed by atoms with Crippen molar-refractivity contribution in [3.8, 4) is 0 Å². The molecular formula is C9H12F2N2O2S. The highest BCUT2D eigenvalue weighted by Gasteiger charge is 2.27. The maximum absolute atomic E-state index is 12.7. The van der Waals surface area contributed by atoms with Crippen molar-refractivity contribution < 1.29 is 18.0 Å². The van der Waals surface area contributed by atoms with Crippen LogP contribution in [0.5, 0.6) is 0 Å². The number of nitrogens with one attached hydrogen (secondary N) is 1. The Labute approximate surface area is 95.6 Å². The van der Waals surface area contributed by atoms with Crippen molar-refractivity contribution in [1.82, 2.24) is 5.32 Å². The highest BCUT2D eigenvalue weighted by molar-refractivity contribution is 7.98. The Balaban J connectivity index is 2.53. The van der Waals surface area contributed by atoms with Gasteiger partial charge in [0.15, 0.2) is 10.9 Å². The largest absolute Gasteiger partial charge is 0.445 e. The van der Waals surface area contributed by atoms with Crippen LogP contribution >= 0.6 is 11.8 Å². The minimum absolute atomic E-state index is 0.0113. The summed E-state index contributed by atoms with van der Waals surface area (Å²) in [6.45, 7) is -1.60. The van der Waals surface area contributed by atoms with E-state index in [4.69, 9.17) is 10.2 Å². The molecule has 1 rings (SSSR count). The highest BCUT2D eigenvalue weighted by Crippen LogP contribution is 2.18. The third-order valence-electron chi connectivity index (χ3n) is 1.81. The molecule has 0 saturated carbocycles. The minimum Gasteiger partial charge on any atom is -0.445 e. The molecule has 1 aromatic rings. The van der Waals surface area contributed by atoms with Crippen LogP contribution in [0.15, 0.2) is 21.6 Å². The fraction of sp³-hybridized carbons (Fsp3) is 0.444. The molecular weight excluding hydrogens is 238 g/mol. The molecule has 0 aliphatic heterocycles. The van der Waals surface area contributed by atoms with Crippen molar-refractivity contribution in [3.05, 3.63) is 17.9 Å². The van der Waals surface area contributed by atoms with Gasteiger partial charge in [0.05, 0.1) is 13.1 Å². The molecule has 7 heteroatoms. The third-order valence-corrected chi connectivity index (χ3v) is 2.43. The molecule has 0 aliphatic carbocycles. The van der Waals surface area contributed by atoms with Crippen molar-refractivity contribution in [2.45, 2.75) is 11.0 Å². The first-order valence-electron chi connectivity index (χ1n) is 4.48. The van der Waals surface area contributed by atoms with E-state index in [9.17, 15) is 13.6 Å². The van der Waals surface area contributed by atoms with E-state index in [1.807, 2.05) is 0 Å². The van der Waals surface area contributed by atoms with E-state index in [-0.39, 0.29) is 5.76 Å². The molecule has 16 heavy (non-hydrogen) atoms. The van der Waals surface area contributed by atoms with Gasteiger partial charge in [-0.3, -0.25) is 4.79 Å². The van der Waals surface area contributed by atoms with Gasteiger partial charge in [-0.25, -0.2) is 8.78 Å². The zero-order chi connectivity index (χ0) is 12.2. The van der Waals surface area contributed by atoms with Crippen LogP contribution in [0.2, 0.25) is 0 Å². The van der Waals surface area contributed by atoms with Crippen LogP contribution in [0.4, 0.5) is 8.78 Å². The van der Waals surface area contributed by atoms with Crippen LogP contribution in [-0.4, -0.2) is 31.2 Å². The zero-order valence-corrected chi connectivity index (χ0v) is 9.44. The van der Waals surface area contributed by atoms with Gasteiger partial charge in [0, 0.05) is 0 Å². The van der Waals surface area contributed by atoms with E-state index < -0.39 is 24.9 Å². The molecule has 0 unspecified atom stereocenters. The Bertz CT molecular complexity index is 368. The van der Waals surface area contributed by atoms with Gasteiger partial charge in [-0.1, -0.05) is 11.8 Å². The van der Waals surface area contributed by atoms with Crippen LogP contribution in [0.3, 0.4) is 0 Å². The molecule has 0 aromatic carbocycles. The van der Waals surface area contributed by atoms with Crippen LogP contribution in [0, 0.1) is 0 Å². The summed E-state index contributed by atoms with van der Waals surface area (Å²) in [5.41, 5.74) is 4.83. The first-order valence-corrected chi connectivity index (χ1v) is 5.71. The van der Waals surface area contributed by atoms with Gasteiger partial charge in [-0.15, -0.1) is 0 Å². The fourth-order valence-corrected chi connectivity index (χ4v) is 1.30. The summed E-state index contributed by atoms with van der Waals surface area (Å²) in [4.78, 5) is 11.3. The lowest BCUT2D eigenvalue weighted by Crippen LogP contribution is -2.41. The maximum Gasteiger partial charge on any atom is 0.287 e. The summed E-state index contributed by atoms with van der Waals surface area (Å²) < 4.78 is 30.5. The Hall–Kier alpha value is -1.08. The first-order chi connectivity index (χ1) is 7.48. The van der Waals surface area contributed by atoms with Crippen molar-refractivity contribution in [2.24, 2.45) is 5.73 Å². The number of hydrogen-bond donors (Lipinski definition) is 2. The lowest BCUT2D eigenvalue weighted by atomic mass is 10.3. The van der Waals surface area contributed by atoms with Crippen molar-refractivity contribution in [1.29, 1.82) is 0 Å². The quantitative estimate of drug-likeness (QED) is 0.773. The zero-order valence-electron chi connectivity index (χ0n) is 8.63. The SMILES string of the molecule is CSc1ccc(C(=O)NCC(F)(F)CN)o1. The van der Waals surface area contributed by atoms with Gasteiger partial charge in [0.1, 0.15) is 0 Å². The van der Waals surface area contributed by atoms with Crippen LogP contribution in [0.25, 0.3) is 0 Å². The molecule has 1 amide bonds. The lowest BCUT2D eigenvalue weighted by molar-refractivity contribution is 0.0115. The standard InChI is InChI=1S/C9H12F2N2O2S/c1-16-7-3-2-6(15-7)8(14)13-5-9(10,11)4-12/h2-3H,4-5,12H2,1H3,(H,13,14). The molecule has 0 saturated heterocycles. The monoisotopic (exact) mass is 250 g/mol. The van der Waals surface area contributed by atoms with Gasteiger partial charge < -0.3 is 15.5 Å². The number of thioether (sulfide) groups is 1. The molecule has 0 radical (unpaired) electrons. The number of furan rings is 1. The molecule has 3 N–H and O–H groups in total. The molecule has 0 bridgehead atoms. The summed E-state index contributed by atoms with van der Waals surface area (Å²) in [5, 5.41) is 2.61. The summed E-state index contributed by atoms with van der Waals surface area (Å²) in [6.07, 6.45) is 1.78. The highest BCUT2D eigenvalue weighted by atomic mass is 32.2. The second-order valence-corrected chi connectivity index (χ2v) is 3.88. The van der Waals surface area contributed by atoms with Crippen molar-refractivity contribution in [3.63, 3.8) is 0 Å². The predicted molar refractivity (Wildman–Crippen MR) is 56.8 cm³/mol. The van der Waals surface area contributed by atoms with Gasteiger partial charge in [0.25, 0.3) is 11.8 Å². The molecule has 0 spiro atoms.